The van der Waals surface area contributed by atoms with E-state index < -0.39 is 4.92 Å². The minimum Gasteiger partial charge on any atom is -0.495 e. The van der Waals surface area contributed by atoms with E-state index in [1.54, 1.807) is 42.5 Å². The number of aromatic nitrogens is 1. The van der Waals surface area contributed by atoms with Gasteiger partial charge in [0, 0.05) is 43.5 Å². The number of nitro groups is 1. The molecule has 3 aromatic rings. The van der Waals surface area contributed by atoms with Crippen molar-refractivity contribution in [3.8, 4) is 5.75 Å². The molecule has 33 heavy (non-hydrogen) atoms. The fourth-order valence-corrected chi connectivity index (χ4v) is 3.95. The summed E-state index contributed by atoms with van der Waals surface area (Å²) in [5, 5.41) is 14.9. The molecule has 0 unspecified atom stereocenters. The number of nitrogens with one attached hydrogen (secondary N) is 1. The number of hydrogen-bond acceptors (Lipinski definition) is 7. The Kier molecular flexibility index (Phi) is 6.60. The Morgan fingerprint density at radius 2 is 1.88 bits per heavy atom. The van der Waals surface area contributed by atoms with Gasteiger partial charge in [-0.15, -0.1) is 0 Å². The average Bonchev–Trinajstić information content (AvgIpc) is 2.84. The Hall–Kier alpha value is -3.85. The number of anilines is 3. The third-order valence-corrected chi connectivity index (χ3v) is 5.67. The van der Waals surface area contributed by atoms with Crippen LogP contribution < -0.4 is 15.0 Å². The SMILES string of the molecule is COc1ccccc1Nc1ncccc1C(=O)N1CCN(c2ccc(Cl)cc2[N+](=O)[O-])CC1. The van der Waals surface area contributed by atoms with Crippen LogP contribution >= 0.6 is 11.6 Å². The zero-order valence-electron chi connectivity index (χ0n) is 17.9. The van der Waals surface area contributed by atoms with Crippen LogP contribution in [0.2, 0.25) is 5.02 Å². The largest absolute Gasteiger partial charge is 0.495 e. The Labute approximate surface area is 195 Å². The van der Waals surface area contributed by atoms with Gasteiger partial charge >= 0.3 is 0 Å². The zero-order valence-corrected chi connectivity index (χ0v) is 18.7. The van der Waals surface area contributed by atoms with Crippen LogP contribution in [0, 0.1) is 10.1 Å². The predicted octanol–water partition coefficient (Wildman–Crippen LogP) is 4.36. The number of para-hydroxylation sites is 2. The summed E-state index contributed by atoms with van der Waals surface area (Å²) >= 11 is 5.93. The number of benzene rings is 2. The molecule has 1 fully saturated rings. The number of carbonyl (C=O) groups is 1. The molecule has 0 saturated carbocycles. The summed E-state index contributed by atoms with van der Waals surface area (Å²) in [5.41, 5.74) is 1.59. The smallest absolute Gasteiger partial charge is 0.294 e. The number of rotatable bonds is 6. The van der Waals surface area contributed by atoms with E-state index in [1.165, 1.54) is 6.07 Å². The fraction of sp³-hybridized carbons (Fsp3) is 0.217. The lowest BCUT2D eigenvalue weighted by atomic mass is 10.1. The summed E-state index contributed by atoms with van der Waals surface area (Å²) in [5.74, 6) is 0.910. The minimum absolute atomic E-state index is 0.0437. The Morgan fingerprint density at radius 3 is 2.61 bits per heavy atom. The standard InChI is InChI=1S/C23H22ClN5O4/c1-33-21-7-3-2-6-18(21)26-22-17(5-4-10-25-22)23(30)28-13-11-27(12-14-28)19-9-8-16(24)15-20(19)29(31)32/h2-10,15H,11-14H2,1H3,(H,25,26). The molecule has 2 heterocycles. The number of methoxy groups -OCH3 is 1. The summed E-state index contributed by atoms with van der Waals surface area (Å²) in [7, 11) is 1.58. The van der Waals surface area contributed by atoms with Crippen molar-refractivity contribution in [2.24, 2.45) is 0 Å². The highest BCUT2D eigenvalue weighted by Crippen LogP contribution is 2.32. The van der Waals surface area contributed by atoms with E-state index in [4.69, 9.17) is 16.3 Å². The van der Waals surface area contributed by atoms with Crippen molar-refractivity contribution in [2.45, 2.75) is 0 Å². The highest BCUT2D eigenvalue weighted by Gasteiger charge is 2.28. The molecular formula is C23H22ClN5O4. The van der Waals surface area contributed by atoms with E-state index >= 15 is 0 Å². The van der Waals surface area contributed by atoms with Gasteiger partial charge < -0.3 is 19.9 Å². The second-order valence-electron chi connectivity index (χ2n) is 7.39. The molecular weight excluding hydrogens is 446 g/mol. The zero-order chi connectivity index (χ0) is 23.4. The summed E-state index contributed by atoms with van der Waals surface area (Å²) < 4.78 is 5.37. The molecule has 1 aromatic heterocycles. The van der Waals surface area contributed by atoms with Crippen molar-refractivity contribution in [2.75, 3.05) is 43.5 Å². The number of pyridine rings is 1. The first-order valence-corrected chi connectivity index (χ1v) is 10.7. The molecule has 170 valence electrons. The molecule has 0 spiro atoms. The lowest BCUT2D eigenvalue weighted by Gasteiger charge is -2.36. The van der Waals surface area contributed by atoms with Crippen molar-refractivity contribution in [3.05, 3.63) is 81.5 Å². The van der Waals surface area contributed by atoms with Crippen molar-refractivity contribution >= 4 is 40.4 Å². The maximum Gasteiger partial charge on any atom is 0.294 e. The van der Waals surface area contributed by atoms with Gasteiger partial charge in [0.2, 0.25) is 0 Å². The van der Waals surface area contributed by atoms with E-state index in [-0.39, 0.29) is 11.6 Å². The van der Waals surface area contributed by atoms with Gasteiger partial charge in [0.05, 0.1) is 23.3 Å². The molecule has 1 aliphatic heterocycles. The first-order chi connectivity index (χ1) is 16.0. The number of nitrogens with zero attached hydrogens (tertiary/aromatic N) is 4. The van der Waals surface area contributed by atoms with Crippen LogP contribution in [0.15, 0.2) is 60.8 Å². The second kappa shape index (κ2) is 9.74. The lowest BCUT2D eigenvalue weighted by Crippen LogP contribution is -2.49. The van der Waals surface area contributed by atoms with Crippen LogP contribution in [-0.4, -0.2) is 54.0 Å². The number of nitro benzene ring substituents is 1. The first-order valence-electron chi connectivity index (χ1n) is 10.3. The van der Waals surface area contributed by atoms with Crippen molar-refractivity contribution < 1.29 is 14.5 Å². The quantitative estimate of drug-likeness (QED) is 0.424. The number of hydrogen-bond donors (Lipinski definition) is 1. The molecule has 9 nitrogen and oxygen atoms in total. The van der Waals surface area contributed by atoms with Gasteiger partial charge in [-0.25, -0.2) is 4.98 Å². The molecule has 2 aromatic carbocycles. The van der Waals surface area contributed by atoms with Crippen LogP contribution in [-0.2, 0) is 0 Å². The van der Waals surface area contributed by atoms with E-state index in [9.17, 15) is 14.9 Å². The summed E-state index contributed by atoms with van der Waals surface area (Å²) in [4.78, 5) is 32.3. The minimum atomic E-state index is -0.440. The van der Waals surface area contributed by atoms with Crippen LogP contribution in [0.1, 0.15) is 10.4 Å². The normalized spacial score (nSPS) is 13.5. The Bertz CT molecular complexity index is 1180. The van der Waals surface area contributed by atoms with Gasteiger partial charge in [-0.05, 0) is 36.4 Å². The van der Waals surface area contributed by atoms with Crippen molar-refractivity contribution in [3.63, 3.8) is 0 Å². The first kappa shape index (κ1) is 22.3. The summed E-state index contributed by atoms with van der Waals surface area (Å²) in [6.07, 6.45) is 1.62. The highest BCUT2D eigenvalue weighted by molar-refractivity contribution is 6.30. The maximum atomic E-state index is 13.3. The van der Waals surface area contributed by atoms with Crippen LogP contribution in [0.4, 0.5) is 22.9 Å². The number of piperazine rings is 1. The number of ether oxygens (including phenoxy) is 1. The number of carbonyl (C=O) groups excluding carboxylic acids is 1. The van der Waals surface area contributed by atoms with Crippen LogP contribution in [0.25, 0.3) is 0 Å². The molecule has 1 amide bonds. The van der Waals surface area contributed by atoms with Gasteiger partial charge in [-0.2, -0.15) is 0 Å². The number of amides is 1. The molecule has 0 aliphatic carbocycles. The number of halogens is 1. The maximum absolute atomic E-state index is 13.3. The van der Waals surface area contributed by atoms with Gasteiger partial charge in [0.15, 0.2) is 0 Å². The van der Waals surface area contributed by atoms with Gasteiger partial charge in [-0.3, -0.25) is 14.9 Å². The molecule has 1 saturated heterocycles. The molecule has 4 rings (SSSR count). The third-order valence-electron chi connectivity index (χ3n) is 5.44. The van der Waals surface area contributed by atoms with Crippen molar-refractivity contribution in [1.82, 2.24) is 9.88 Å². The van der Waals surface area contributed by atoms with E-state index in [2.05, 4.69) is 10.3 Å². The molecule has 0 radical (unpaired) electrons. The monoisotopic (exact) mass is 467 g/mol. The van der Waals surface area contributed by atoms with Gasteiger partial charge in [0.25, 0.3) is 11.6 Å². The Balaban J connectivity index is 1.50. The molecule has 0 atom stereocenters. The van der Waals surface area contributed by atoms with Crippen LogP contribution in [0.3, 0.4) is 0 Å². The molecule has 1 aliphatic rings. The van der Waals surface area contributed by atoms with E-state index in [0.29, 0.717) is 59.7 Å². The summed E-state index contributed by atoms with van der Waals surface area (Å²) in [6.45, 7) is 1.76. The highest BCUT2D eigenvalue weighted by atomic mass is 35.5. The summed E-state index contributed by atoms with van der Waals surface area (Å²) in [6, 6.07) is 15.5. The Morgan fingerprint density at radius 1 is 1.12 bits per heavy atom. The average molecular weight is 468 g/mol. The van der Waals surface area contributed by atoms with E-state index in [0.717, 1.165) is 0 Å². The molecule has 10 heteroatoms. The molecule has 0 bridgehead atoms. The second-order valence-corrected chi connectivity index (χ2v) is 7.83. The predicted molar refractivity (Wildman–Crippen MR) is 127 cm³/mol. The fourth-order valence-electron chi connectivity index (χ4n) is 3.78. The third kappa shape index (κ3) is 4.83. The van der Waals surface area contributed by atoms with E-state index in [1.807, 2.05) is 29.2 Å². The lowest BCUT2D eigenvalue weighted by molar-refractivity contribution is -0.384. The molecule has 1 N–H and O–H groups in total. The van der Waals surface area contributed by atoms with Crippen LogP contribution in [0.5, 0.6) is 5.75 Å². The topological polar surface area (TPSA) is 101 Å². The van der Waals surface area contributed by atoms with Gasteiger partial charge in [0.1, 0.15) is 17.3 Å². The van der Waals surface area contributed by atoms with Crippen molar-refractivity contribution in [1.29, 1.82) is 0 Å². The van der Waals surface area contributed by atoms with Gasteiger partial charge in [-0.1, -0.05) is 23.7 Å².